The van der Waals surface area contributed by atoms with Gasteiger partial charge >= 0.3 is 5.97 Å². The molecule has 0 fully saturated rings. The SMILES string of the molecule is CCCOc1cccc(-c2cc3ncc(-c4ccc(F)c(F)c4)nc3c(C(=O)NCC(=O)O)c2O)c1. The van der Waals surface area contributed by atoms with Crippen molar-refractivity contribution in [1.29, 1.82) is 0 Å². The normalized spacial score (nSPS) is 10.9. The van der Waals surface area contributed by atoms with E-state index in [0.29, 0.717) is 17.9 Å². The van der Waals surface area contributed by atoms with Crippen LogP contribution in [0.3, 0.4) is 0 Å². The summed E-state index contributed by atoms with van der Waals surface area (Å²) in [7, 11) is 0. The molecule has 4 aromatic rings. The second-order valence-corrected chi connectivity index (χ2v) is 7.85. The van der Waals surface area contributed by atoms with Gasteiger partial charge in [-0.15, -0.1) is 0 Å². The monoisotopic (exact) mass is 493 g/mol. The Morgan fingerprint density at radius 3 is 2.58 bits per heavy atom. The summed E-state index contributed by atoms with van der Waals surface area (Å²) in [5, 5.41) is 22.4. The first-order valence-corrected chi connectivity index (χ1v) is 11.0. The Morgan fingerprint density at radius 1 is 1.06 bits per heavy atom. The van der Waals surface area contributed by atoms with Crippen molar-refractivity contribution in [3.05, 3.63) is 71.9 Å². The van der Waals surface area contributed by atoms with Gasteiger partial charge in [-0.1, -0.05) is 19.1 Å². The van der Waals surface area contributed by atoms with Gasteiger partial charge in [-0.2, -0.15) is 0 Å². The number of hydrogen-bond acceptors (Lipinski definition) is 6. The number of benzene rings is 3. The number of phenolic OH excluding ortho intramolecular Hbond substituents is 1. The first-order valence-electron chi connectivity index (χ1n) is 11.0. The minimum Gasteiger partial charge on any atom is -0.506 e. The zero-order valence-electron chi connectivity index (χ0n) is 19.1. The maximum absolute atomic E-state index is 13.8. The number of halogens is 2. The van der Waals surface area contributed by atoms with E-state index in [2.05, 4.69) is 15.3 Å². The number of carbonyl (C=O) groups excluding carboxylic acids is 1. The van der Waals surface area contributed by atoms with Crippen molar-refractivity contribution in [2.45, 2.75) is 13.3 Å². The second-order valence-electron chi connectivity index (χ2n) is 7.85. The Morgan fingerprint density at radius 2 is 1.86 bits per heavy atom. The number of hydrogen-bond donors (Lipinski definition) is 3. The molecule has 3 aromatic carbocycles. The molecule has 184 valence electrons. The van der Waals surface area contributed by atoms with E-state index in [1.54, 1.807) is 24.3 Å². The molecule has 0 aliphatic rings. The van der Waals surface area contributed by atoms with Gasteiger partial charge in [0.2, 0.25) is 0 Å². The maximum Gasteiger partial charge on any atom is 0.322 e. The summed E-state index contributed by atoms with van der Waals surface area (Å²) in [6, 6.07) is 11.6. The molecule has 0 atom stereocenters. The van der Waals surface area contributed by atoms with Crippen molar-refractivity contribution in [3.63, 3.8) is 0 Å². The highest BCUT2D eigenvalue weighted by Gasteiger charge is 2.23. The lowest BCUT2D eigenvalue weighted by Gasteiger charge is -2.14. The Bertz CT molecular complexity index is 1480. The van der Waals surface area contributed by atoms with Crippen molar-refractivity contribution in [1.82, 2.24) is 15.3 Å². The van der Waals surface area contributed by atoms with Gasteiger partial charge in [0, 0.05) is 11.1 Å². The van der Waals surface area contributed by atoms with E-state index >= 15 is 0 Å². The number of nitrogens with zero attached hydrogens (tertiary/aromatic N) is 2. The summed E-state index contributed by atoms with van der Waals surface area (Å²) < 4.78 is 32.8. The van der Waals surface area contributed by atoms with Crippen LogP contribution in [0.5, 0.6) is 11.5 Å². The van der Waals surface area contributed by atoms with Gasteiger partial charge in [-0.3, -0.25) is 14.6 Å². The number of ether oxygens (including phenoxy) is 1. The molecule has 1 heterocycles. The summed E-state index contributed by atoms with van der Waals surface area (Å²) in [5.41, 5.74) is 0.969. The number of rotatable bonds is 8. The number of amides is 1. The fraction of sp³-hybridized carbons (Fsp3) is 0.154. The molecule has 0 aliphatic carbocycles. The van der Waals surface area contributed by atoms with Gasteiger partial charge in [-0.25, -0.2) is 13.8 Å². The van der Waals surface area contributed by atoms with Crippen molar-refractivity contribution in [2.24, 2.45) is 0 Å². The second kappa shape index (κ2) is 10.3. The third kappa shape index (κ3) is 5.07. The quantitative estimate of drug-likeness (QED) is 0.329. The van der Waals surface area contributed by atoms with Gasteiger partial charge in [-0.05, 0) is 48.4 Å². The fourth-order valence-electron chi connectivity index (χ4n) is 3.59. The lowest BCUT2D eigenvalue weighted by molar-refractivity contribution is -0.135. The molecule has 0 radical (unpaired) electrons. The molecule has 1 aromatic heterocycles. The number of carbonyl (C=O) groups is 2. The van der Waals surface area contributed by atoms with Crippen molar-refractivity contribution >= 4 is 22.9 Å². The average molecular weight is 493 g/mol. The number of aromatic hydroxyl groups is 1. The Balaban J connectivity index is 1.90. The van der Waals surface area contributed by atoms with Crippen LogP contribution in [0, 0.1) is 11.6 Å². The number of fused-ring (bicyclic) bond motifs is 1. The molecule has 0 saturated heterocycles. The van der Waals surface area contributed by atoms with Crippen molar-refractivity contribution in [2.75, 3.05) is 13.2 Å². The van der Waals surface area contributed by atoms with E-state index < -0.39 is 35.8 Å². The van der Waals surface area contributed by atoms with Gasteiger partial charge in [0.1, 0.15) is 29.1 Å². The first-order chi connectivity index (χ1) is 17.3. The van der Waals surface area contributed by atoms with Crippen LogP contribution in [0.1, 0.15) is 23.7 Å². The van der Waals surface area contributed by atoms with Gasteiger partial charge in [0.15, 0.2) is 11.6 Å². The zero-order chi connectivity index (χ0) is 25.8. The van der Waals surface area contributed by atoms with Gasteiger partial charge < -0.3 is 20.3 Å². The number of carboxylic acids is 1. The number of nitrogens with one attached hydrogen (secondary N) is 1. The van der Waals surface area contributed by atoms with E-state index in [0.717, 1.165) is 18.6 Å². The molecule has 3 N–H and O–H groups in total. The summed E-state index contributed by atoms with van der Waals surface area (Å²) in [6.07, 6.45) is 2.13. The molecule has 1 amide bonds. The maximum atomic E-state index is 13.8. The third-order valence-electron chi connectivity index (χ3n) is 5.27. The third-order valence-corrected chi connectivity index (χ3v) is 5.27. The van der Waals surface area contributed by atoms with Gasteiger partial charge in [0.05, 0.1) is 24.0 Å². The average Bonchev–Trinajstić information content (AvgIpc) is 2.87. The van der Waals surface area contributed by atoms with Crippen LogP contribution in [-0.2, 0) is 4.79 Å². The van der Waals surface area contributed by atoms with Crippen molar-refractivity contribution in [3.8, 4) is 33.9 Å². The predicted molar refractivity (Wildman–Crippen MR) is 128 cm³/mol. The summed E-state index contributed by atoms with van der Waals surface area (Å²) in [5.74, 6) is -4.18. The molecule has 8 nitrogen and oxygen atoms in total. The molecular weight excluding hydrogens is 472 g/mol. The standard InChI is InChI=1S/C26H21F2N3O5/c1-2-8-36-16-5-3-4-14(9-16)17-11-20-24(23(25(17)34)26(35)30-13-22(32)33)31-21(12-29-20)15-6-7-18(27)19(28)10-15/h3-7,9-12,34H,2,8,13H2,1H3,(H,30,35)(H,32,33). The Labute approximate surface area is 204 Å². The number of phenols is 1. The molecular formula is C26H21F2N3O5. The van der Waals surface area contributed by atoms with Crippen LogP contribution >= 0.6 is 0 Å². The molecule has 0 aliphatic heterocycles. The van der Waals surface area contributed by atoms with Crippen LogP contribution < -0.4 is 10.1 Å². The van der Waals surface area contributed by atoms with Gasteiger partial charge in [0.25, 0.3) is 5.91 Å². The van der Waals surface area contributed by atoms with Crippen LogP contribution in [-0.4, -0.2) is 45.2 Å². The summed E-state index contributed by atoms with van der Waals surface area (Å²) in [4.78, 5) is 32.7. The van der Waals surface area contributed by atoms with Crippen LogP contribution in [0.4, 0.5) is 8.78 Å². The molecule has 0 bridgehead atoms. The minimum atomic E-state index is -1.28. The minimum absolute atomic E-state index is 0.0419. The van der Waals surface area contributed by atoms with E-state index in [1.807, 2.05) is 6.92 Å². The molecule has 0 spiro atoms. The number of aliphatic carboxylic acids is 1. The lowest BCUT2D eigenvalue weighted by atomic mass is 9.98. The first kappa shape index (κ1) is 24.5. The molecule has 0 unspecified atom stereocenters. The highest BCUT2D eigenvalue weighted by Crippen LogP contribution is 2.38. The smallest absolute Gasteiger partial charge is 0.322 e. The number of aromatic nitrogens is 2. The summed E-state index contributed by atoms with van der Waals surface area (Å²) in [6.45, 7) is 1.77. The lowest BCUT2D eigenvalue weighted by Crippen LogP contribution is -2.29. The Hall–Kier alpha value is -4.60. The molecule has 0 saturated carbocycles. The van der Waals surface area contributed by atoms with E-state index in [9.17, 15) is 23.5 Å². The fourth-order valence-corrected chi connectivity index (χ4v) is 3.59. The largest absolute Gasteiger partial charge is 0.506 e. The van der Waals surface area contributed by atoms with Crippen LogP contribution in [0.2, 0.25) is 0 Å². The predicted octanol–water partition coefficient (Wildman–Crippen LogP) is 4.55. The highest BCUT2D eigenvalue weighted by atomic mass is 19.2. The topological polar surface area (TPSA) is 122 Å². The van der Waals surface area contributed by atoms with E-state index in [-0.39, 0.29) is 33.4 Å². The Kier molecular flexibility index (Phi) is 7.05. The molecule has 36 heavy (non-hydrogen) atoms. The zero-order valence-corrected chi connectivity index (χ0v) is 19.1. The summed E-state index contributed by atoms with van der Waals surface area (Å²) >= 11 is 0. The highest BCUT2D eigenvalue weighted by molar-refractivity contribution is 6.10. The van der Waals surface area contributed by atoms with Crippen molar-refractivity contribution < 1.29 is 33.3 Å². The molecule has 10 heteroatoms. The van der Waals surface area contributed by atoms with E-state index in [4.69, 9.17) is 9.84 Å². The molecule has 4 rings (SSSR count). The van der Waals surface area contributed by atoms with E-state index in [1.165, 1.54) is 18.3 Å². The van der Waals surface area contributed by atoms with Crippen LogP contribution in [0.15, 0.2) is 54.7 Å². The number of carboxylic acid groups (broad SMARTS) is 1. The van der Waals surface area contributed by atoms with Crippen LogP contribution in [0.25, 0.3) is 33.4 Å².